The van der Waals surface area contributed by atoms with E-state index < -0.39 is 5.91 Å². The molecule has 0 saturated heterocycles. The highest BCUT2D eigenvalue weighted by atomic mass is 31.1. The molecule has 2 heteroatoms. The molecule has 1 saturated carbocycles. The van der Waals surface area contributed by atoms with Gasteiger partial charge in [-0.25, -0.2) is 4.39 Å². The molecule has 0 aliphatic heterocycles. The van der Waals surface area contributed by atoms with Crippen LogP contribution in [-0.2, 0) is 0 Å². The van der Waals surface area contributed by atoms with Gasteiger partial charge in [0.2, 0.25) is 0 Å². The van der Waals surface area contributed by atoms with Crippen LogP contribution >= 0.6 is 8.58 Å². The molecule has 0 bridgehead atoms. The van der Waals surface area contributed by atoms with E-state index in [1.54, 1.807) is 0 Å². The second-order valence-corrected chi connectivity index (χ2v) is 4.68. The molecule has 2 rings (SSSR count). The van der Waals surface area contributed by atoms with Crippen LogP contribution in [0, 0.1) is 0 Å². The highest BCUT2D eigenvalue weighted by molar-refractivity contribution is 7.37. The average molecular weight is 196 g/mol. The Hall–Kier alpha value is -0.420. The Morgan fingerprint density at radius 3 is 2.85 bits per heavy atom. The van der Waals surface area contributed by atoms with E-state index in [2.05, 4.69) is 6.07 Å². The van der Waals surface area contributed by atoms with Crippen molar-refractivity contribution in [3.63, 3.8) is 0 Å². The zero-order chi connectivity index (χ0) is 9.26. The first-order chi connectivity index (χ1) is 6.31. The van der Waals surface area contributed by atoms with Crippen LogP contribution in [0.3, 0.4) is 0 Å². The Balaban J connectivity index is 2.21. The van der Waals surface area contributed by atoms with Gasteiger partial charge in [-0.3, -0.25) is 0 Å². The molecule has 0 radical (unpaired) electrons. The molecule has 0 heterocycles. The van der Waals surface area contributed by atoms with Crippen LogP contribution < -0.4 is 0 Å². The highest BCUT2D eigenvalue weighted by Crippen LogP contribution is 2.42. The van der Waals surface area contributed by atoms with Gasteiger partial charge in [-0.15, -0.1) is 0 Å². The van der Waals surface area contributed by atoms with Crippen LogP contribution in [0.25, 0.3) is 0 Å². The fourth-order valence-corrected chi connectivity index (χ4v) is 2.07. The van der Waals surface area contributed by atoms with Gasteiger partial charge in [0, 0.05) is 0 Å². The Labute approximate surface area is 80.3 Å². The standard InChI is InChI=1S/C11H14FP/c1-13-11(12)10-4-2-3-9(7-10)8-5-6-8/h2-4,7-8,11,13H,5-6H2,1H3. The first-order valence-corrected chi connectivity index (χ1v) is 6.30. The van der Waals surface area contributed by atoms with Gasteiger partial charge in [-0.1, -0.05) is 32.8 Å². The van der Waals surface area contributed by atoms with Crippen LogP contribution in [0.5, 0.6) is 0 Å². The van der Waals surface area contributed by atoms with Crippen LogP contribution in [0.4, 0.5) is 4.39 Å². The van der Waals surface area contributed by atoms with Crippen molar-refractivity contribution >= 4 is 8.58 Å². The van der Waals surface area contributed by atoms with Gasteiger partial charge in [0.05, 0.1) is 0 Å². The lowest BCUT2D eigenvalue weighted by molar-refractivity contribution is 0.465. The number of hydrogen-bond donors (Lipinski definition) is 0. The van der Waals surface area contributed by atoms with Gasteiger partial charge in [-0.2, -0.15) is 0 Å². The summed E-state index contributed by atoms with van der Waals surface area (Å²) < 4.78 is 13.3. The van der Waals surface area contributed by atoms with Crippen LogP contribution in [0.1, 0.15) is 35.8 Å². The number of rotatable bonds is 3. The molecule has 0 N–H and O–H groups in total. The molecule has 1 fully saturated rings. The molecule has 0 aromatic heterocycles. The average Bonchev–Trinajstić information content (AvgIpc) is 3.00. The molecule has 13 heavy (non-hydrogen) atoms. The van der Waals surface area contributed by atoms with Crippen LogP contribution in [0.2, 0.25) is 0 Å². The SMILES string of the molecule is CPC(F)c1cccc(C2CC2)c1. The normalized spacial score (nSPS) is 19.5. The molecule has 1 aliphatic rings. The van der Waals surface area contributed by atoms with Gasteiger partial charge in [0.1, 0.15) is 5.91 Å². The number of benzene rings is 1. The first-order valence-electron chi connectivity index (χ1n) is 4.72. The minimum Gasteiger partial charge on any atom is -0.238 e. The molecule has 70 valence electrons. The van der Waals surface area contributed by atoms with Gasteiger partial charge in [0.25, 0.3) is 0 Å². The smallest absolute Gasteiger partial charge is 0.141 e. The minimum absolute atomic E-state index is 0.353. The third-order valence-corrected chi connectivity index (χ3v) is 3.35. The van der Waals surface area contributed by atoms with E-state index in [1.807, 2.05) is 24.9 Å². The molecule has 1 aliphatic carbocycles. The van der Waals surface area contributed by atoms with Crippen molar-refractivity contribution in [3.8, 4) is 0 Å². The Bertz CT molecular complexity index is 294. The second-order valence-electron chi connectivity index (χ2n) is 3.60. The molecule has 0 spiro atoms. The van der Waals surface area contributed by atoms with E-state index in [0.717, 1.165) is 11.5 Å². The lowest BCUT2D eigenvalue weighted by Crippen LogP contribution is -1.86. The summed E-state index contributed by atoms with van der Waals surface area (Å²) in [4.78, 5) is 0. The maximum absolute atomic E-state index is 13.3. The molecule has 2 atom stereocenters. The number of alkyl halides is 1. The van der Waals surface area contributed by atoms with Crippen molar-refractivity contribution in [2.75, 3.05) is 6.66 Å². The summed E-state index contributed by atoms with van der Waals surface area (Å²) in [7, 11) is 0.353. The predicted molar refractivity (Wildman–Crippen MR) is 56.5 cm³/mol. The Morgan fingerprint density at radius 1 is 1.46 bits per heavy atom. The predicted octanol–water partition coefficient (Wildman–Crippen LogP) is 3.84. The van der Waals surface area contributed by atoms with Gasteiger partial charge < -0.3 is 0 Å². The van der Waals surface area contributed by atoms with E-state index in [9.17, 15) is 4.39 Å². The summed E-state index contributed by atoms with van der Waals surface area (Å²) in [6.07, 6.45) is 2.57. The van der Waals surface area contributed by atoms with Crippen molar-refractivity contribution in [3.05, 3.63) is 35.4 Å². The summed E-state index contributed by atoms with van der Waals surface area (Å²) in [5.41, 5.74) is 2.20. The molecule has 1 aromatic rings. The van der Waals surface area contributed by atoms with Crippen molar-refractivity contribution in [1.82, 2.24) is 0 Å². The third kappa shape index (κ3) is 2.08. The molecule has 1 aromatic carbocycles. The van der Waals surface area contributed by atoms with Crippen molar-refractivity contribution in [2.24, 2.45) is 0 Å². The largest absolute Gasteiger partial charge is 0.238 e. The minimum atomic E-state index is -0.751. The molecule has 0 amide bonds. The summed E-state index contributed by atoms with van der Waals surface area (Å²) in [5, 5.41) is 0. The highest BCUT2D eigenvalue weighted by Gasteiger charge is 2.23. The van der Waals surface area contributed by atoms with E-state index in [0.29, 0.717) is 8.58 Å². The zero-order valence-electron chi connectivity index (χ0n) is 7.76. The lowest BCUT2D eigenvalue weighted by Gasteiger charge is -2.07. The summed E-state index contributed by atoms with van der Waals surface area (Å²) in [5.74, 6) is -0.0222. The van der Waals surface area contributed by atoms with Crippen LogP contribution in [0.15, 0.2) is 24.3 Å². The zero-order valence-corrected chi connectivity index (χ0v) is 8.76. The van der Waals surface area contributed by atoms with Crippen LogP contribution in [-0.4, -0.2) is 6.66 Å². The molecule has 0 nitrogen and oxygen atoms in total. The van der Waals surface area contributed by atoms with E-state index in [-0.39, 0.29) is 0 Å². The summed E-state index contributed by atoms with van der Waals surface area (Å²) in [6.45, 7) is 1.91. The third-order valence-electron chi connectivity index (χ3n) is 2.51. The first kappa shape index (κ1) is 9.15. The van der Waals surface area contributed by atoms with Gasteiger partial charge in [0.15, 0.2) is 0 Å². The van der Waals surface area contributed by atoms with Crippen molar-refractivity contribution in [2.45, 2.75) is 24.7 Å². The second kappa shape index (κ2) is 3.75. The lowest BCUT2D eigenvalue weighted by atomic mass is 10.1. The monoisotopic (exact) mass is 196 g/mol. The Kier molecular flexibility index (Phi) is 2.64. The van der Waals surface area contributed by atoms with Gasteiger partial charge >= 0.3 is 0 Å². The van der Waals surface area contributed by atoms with Crippen molar-refractivity contribution < 1.29 is 4.39 Å². The quantitative estimate of drug-likeness (QED) is 0.644. The van der Waals surface area contributed by atoms with Crippen molar-refractivity contribution in [1.29, 1.82) is 0 Å². The summed E-state index contributed by atoms with van der Waals surface area (Å²) >= 11 is 0. The molecular formula is C11H14FP. The van der Waals surface area contributed by atoms with Gasteiger partial charge in [-0.05, 0) is 36.6 Å². The topological polar surface area (TPSA) is 0 Å². The fraction of sp³-hybridized carbons (Fsp3) is 0.455. The Morgan fingerprint density at radius 2 is 2.23 bits per heavy atom. The van der Waals surface area contributed by atoms with E-state index in [1.165, 1.54) is 18.4 Å². The summed E-state index contributed by atoms with van der Waals surface area (Å²) in [6, 6.07) is 8.04. The molecular weight excluding hydrogens is 182 g/mol. The molecule has 2 unspecified atom stereocenters. The maximum Gasteiger partial charge on any atom is 0.141 e. The fourth-order valence-electron chi connectivity index (χ4n) is 1.55. The maximum atomic E-state index is 13.3. The number of halogens is 1. The van der Waals surface area contributed by atoms with E-state index in [4.69, 9.17) is 0 Å². The number of hydrogen-bond acceptors (Lipinski definition) is 0. The van der Waals surface area contributed by atoms with E-state index >= 15 is 0 Å².